The number of ether oxygens (including phenoxy) is 3. The summed E-state index contributed by atoms with van der Waals surface area (Å²) in [5, 5.41) is 8.51. The standard InChI is InChI=1S/C7H12O4/c8-4-11-6-3-10-5-1-2-9-7(5)6/h5-8H,1-4H2/t5-,6+,7+/m1/s1. The number of aliphatic hydroxyl groups excluding tert-OH is 1. The minimum Gasteiger partial charge on any atom is -0.373 e. The molecule has 1 N–H and O–H groups in total. The van der Waals surface area contributed by atoms with Crippen molar-refractivity contribution in [1.29, 1.82) is 0 Å². The topological polar surface area (TPSA) is 47.9 Å². The van der Waals surface area contributed by atoms with Gasteiger partial charge in [0.05, 0.1) is 12.7 Å². The van der Waals surface area contributed by atoms with E-state index in [1.807, 2.05) is 0 Å². The van der Waals surface area contributed by atoms with Gasteiger partial charge in [0.25, 0.3) is 0 Å². The summed E-state index contributed by atoms with van der Waals surface area (Å²) in [6.07, 6.45) is 1.15. The third-order valence-corrected chi connectivity index (χ3v) is 2.21. The largest absolute Gasteiger partial charge is 0.373 e. The summed E-state index contributed by atoms with van der Waals surface area (Å²) in [5.41, 5.74) is 0. The molecule has 2 aliphatic rings. The molecule has 4 nitrogen and oxygen atoms in total. The Labute approximate surface area is 65.1 Å². The van der Waals surface area contributed by atoms with E-state index in [9.17, 15) is 0 Å². The lowest BCUT2D eigenvalue weighted by Gasteiger charge is -2.14. The van der Waals surface area contributed by atoms with Crippen molar-refractivity contribution >= 4 is 0 Å². The van der Waals surface area contributed by atoms with Crippen LogP contribution < -0.4 is 0 Å². The Morgan fingerprint density at radius 3 is 3.18 bits per heavy atom. The van der Waals surface area contributed by atoms with Crippen LogP contribution in [0.1, 0.15) is 6.42 Å². The SMILES string of the molecule is OCO[C@H]1CO[C@@H]2CCO[C@H]12. The molecule has 2 saturated heterocycles. The van der Waals surface area contributed by atoms with E-state index in [4.69, 9.17) is 19.3 Å². The highest BCUT2D eigenvalue weighted by Gasteiger charge is 2.42. The average Bonchev–Trinajstić information content (AvgIpc) is 2.53. The quantitative estimate of drug-likeness (QED) is 0.554. The molecule has 0 bridgehead atoms. The first-order valence-corrected chi connectivity index (χ1v) is 3.87. The summed E-state index contributed by atoms with van der Waals surface area (Å²) in [5.74, 6) is 0. The lowest BCUT2D eigenvalue weighted by Crippen LogP contribution is -2.30. The van der Waals surface area contributed by atoms with E-state index in [2.05, 4.69) is 0 Å². The van der Waals surface area contributed by atoms with Crippen LogP contribution in [0, 0.1) is 0 Å². The van der Waals surface area contributed by atoms with Gasteiger partial charge >= 0.3 is 0 Å². The molecule has 0 aliphatic carbocycles. The zero-order valence-corrected chi connectivity index (χ0v) is 6.23. The minimum atomic E-state index is -0.249. The van der Waals surface area contributed by atoms with Crippen LogP contribution in [0.3, 0.4) is 0 Å². The normalized spacial score (nSPS) is 42.8. The van der Waals surface area contributed by atoms with E-state index < -0.39 is 0 Å². The van der Waals surface area contributed by atoms with Crippen LogP contribution >= 0.6 is 0 Å². The highest BCUT2D eigenvalue weighted by atomic mass is 16.6. The molecule has 0 aromatic carbocycles. The molecule has 3 atom stereocenters. The van der Waals surface area contributed by atoms with Crippen molar-refractivity contribution in [2.24, 2.45) is 0 Å². The van der Waals surface area contributed by atoms with E-state index in [0.717, 1.165) is 13.0 Å². The van der Waals surface area contributed by atoms with E-state index in [1.165, 1.54) is 0 Å². The molecule has 0 saturated carbocycles. The summed E-state index contributed by atoms with van der Waals surface area (Å²) < 4.78 is 15.8. The zero-order valence-electron chi connectivity index (χ0n) is 6.23. The first-order valence-electron chi connectivity index (χ1n) is 3.87. The van der Waals surface area contributed by atoms with Crippen LogP contribution in [0.15, 0.2) is 0 Å². The first kappa shape index (κ1) is 7.49. The van der Waals surface area contributed by atoms with Gasteiger partial charge in [-0.1, -0.05) is 0 Å². The third-order valence-electron chi connectivity index (χ3n) is 2.21. The van der Waals surface area contributed by atoms with E-state index in [1.54, 1.807) is 0 Å². The highest BCUT2D eigenvalue weighted by molar-refractivity contribution is 4.89. The molecule has 64 valence electrons. The number of aliphatic hydroxyl groups is 1. The predicted molar refractivity (Wildman–Crippen MR) is 36.1 cm³/mol. The minimum absolute atomic E-state index is 0.0575. The summed E-state index contributed by atoms with van der Waals surface area (Å²) in [6, 6.07) is 0. The predicted octanol–water partition coefficient (Wildman–Crippen LogP) is -0.491. The maximum absolute atomic E-state index is 8.51. The van der Waals surface area contributed by atoms with Gasteiger partial charge in [-0.05, 0) is 6.42 Å². The second kappa shape index (κ2) is 3.06. The molecule has 0 unspecified atom stereocenters. The van der Waals surface area contributed by atoms with Gasteiger partial charge in [-0.25, -0.2) is 0 Å². The van der Waals surface area contributed by atoms with Gasteiger partial charge in [0, 0.05) is 6.61 Å². The maximum Gasteiger partial charge on any atom is 0.144 e. The van der Waals surface area contributed by atoms with Crippen molar-refractivity contribution < 1.29 is 19.3 Å². The van der Waals surface area contributed by atoms with E-state index in [-0.39, 0.29) is 25.1 Å². The highest BCUT2D eigenvalue weighted by Crippen LogP contribution is 2.27. The fourth-order valence-corrected chi connectivity index (χ4v) is 1.67. The lowest BCUT2D eigenvalue weighted by molar-refractivity contribution is -0.0905. The Bertz CT molecular complexity index is 136. The fraction of sp³-hybridized carbons (Fsp3) is 1.00. The van der Waals surface area contributed by atoms with Crippen molar-refractivity contribution in [3.63, 3.8) is 0 Å². The number of hydrogen-bond donors (Lipinski definition) is 1. The van der Waals surface area contributed by atoms with Crippen molar-refractivity contribution in [2.45, 2.75) is 24.7 Å². The van der Waals surface area contributed by atoms with Crippen LogP contribution in [0.25, 0.3) is 0 Å². The van der Waals surface area contributed by atoms with Gasteiger partial charge in [0.1, 0.15) is 19.0 Å². The molecule has 2 heterocycles. The van der Waals surface area contributed by atoms with Gasteiger partial charge in [0.15, 0.2) is 0 Å². The summed E-state index contributed by atoms with van der Waals surface area (Å²) in [4.78, 5) is 0. The van der Waals surface area contributed by atoms with Crippen molar-refractivity contribution in [2.75, 3.05) is 20.0 Å². The zero-order chi connectivity index (χ0) is 7.68. The molecular formula is C7H12O4. The summed E-state index contributed by atoms with van der Waals surface area (Å²) in [6.45, 7) is 1.05. The van der Waals surface area contributed by atoms with Gasteiger partial charge in [-0.2, -0.15) is 0 Å². The second-order valence-electron chi connectivity index (χ2n) is 2.83. The van der Waals surface area contributed by atoms with Crippen LogP contribution in [-0.2, 0) is 14.2 Å². The van der Waals surface area contributed by atoms with Crippen molar-refractivity contribution in [3.05, 3.63) is 0 Å². The second-order valence-corrected chi connectivity index (χ2v) is 2.83. The number of fused-ring (bicyclic) bond motifs is 1. The summed E-state index contributed by atoms with van der Waals surface area (Å²) >= 11 is 0. The molecule has 0 amide bonds. The van der Waals surface area contributed by atoms with Gasteiger partial charge < -0.3 is 19.3 Å². The van der Waals surface area contributed by atoms with Gasteiger partial charge in [-0.15, -0.1) is 0 Å². The molecule has 2 fully saturated rings. The molecular weight excluding hydrogens is 148 g/mol. The van der Waals surface area contributed by atoms with E-state index in [0.29, 0.717) is 6.61 Å². The van der Waals surface area contributed by atoms with Crippen LogP contribution in [0.2, 0.25) is 0 Å². The molecule has 2 rings (SSSR count). The Morgan fingerprint density at radius 2 is 2.36 bits per heavy atom. The van der Waals surface area contributed by atoms with Crippen LogP contribution in [0.5, 0.6) is 0 Å². The Morgan fingerprint density at radius 1 is 1.45 bits per heavy atom. The molecule has 0 aromatic rings. The molecule has 11 heavy (non-hydrogen) atoms. The van der Waals surface area contributed by atoms with E-state index >= 15 is 0 Å². The van der Waals surface area contributed by atoms with Gasteiger partial charge in [0.2, 0.25) is 0 Å². The fourth-order valence-electron chi connectivity index (χ4n) is 1.67. The molecule has 4 heteroatoms. The molecule has 0 aromatic heterocycles. The van der Waals surface area contributed by atoms with Crippen LogP contribution in [0.4, 0.5) is 0 Å². The smallest absolute Gasteiger partial charge is 0.144 e. The summed E-state index contributed by atoms with van der Waals surface area (Å²) in [7, 11) is 0. The van der Waals surface area contributed by atoms with Crippen LogP contribution in [-0.4, -0.2) is 43.4 Å². The van der Waals surface area contributed by atoms with Crippen molar-refractivity contribution in [3.8, 4) is 0 Å². The van der Waals surface area contributed by atoms with Gasteiger partial charge in [-0.3, -0.25) is 0 Å². The first-order chi connectivity index (χ1) is 5.42. The molecule has 2 aliphatic heterocycles. The average molecular weight is 160 g/mol. The number of rotatable bonds is 2. The van der Waals surface area contributed by atoms with Crippen molar-refractivity contribution in [1.82, 2.24) is 0 Å². The Kier molecular flexibility index (Phi) is 2.09. The lowest BCUT2D eigenvalue weighted by atomic mass is 10.1. The Hall–Kier alpha value is -0.160. The third kappa shape index (κ3) is 1.27. The molecule has 0 radical (unpaired) electrons. The maximum atomic E-state index is 8.51. The Balaban J connectivity index is 1.92. The number of hydrogen-bond acceptors (Lipinski definition) is 4. The monoisotopic (exact) mass is 160 g/mol. The molecule has 0 spiro atoms.